The molecular formula is C12H21N5O. The zero-order chi connectivity index (χ0) is 13.0. The summed E-state index contributed by atoms with van der Waals surface area (Å²) in [6, 6.07) is 0.412. The van der Waals surface area contributed by atoms with Crippen LogP contribution in [0.25, 0.3) is 0 Å². The molecule has 1 saturated heterocycles. The van der Waals surface area contributed by atoms with Gasteiger partial charge in [-0.15, -0.1) is 0 Å². The Morgan fingerprint density at radius 2 is 2.33 bits per heavy atom. The van der Waals surface area contributed by atoms with Crippen LogP contribution in [0.2, 0.25) is 0 Å². The molecule has 1 aliphatic heterocycles. The molecular weight excluding hydrogens is 230 g/mol. The number of aromatic nitrogens is 2. The van der Waals surface area contributed by atoms with Crippen LogP contribution in [-0.4, -0.2) is 46.0 Å². The van der Waals surface area contributed by atoms with Crippen molar-refractivity contribution in [3.05, 3.63) is 18.2 Å². The van der Waals surface area contributed by atoms with E-state index in [1.807, 2.05) is 17.8 Å². The maximum absolute atomic E-state index is 11.2. The average molecular weight is 251 g/mol. The molecule has 0 aliphatic carbocycles. The van der Waals surface area contributed by atoms with Crippen molar-refractivity contribution in [3.63, 3.8) is 0 Å². The molecule has 1 amide bonds. The lowest BCUT2D eigenvalue weighted by atomic mass is 10.0. The molecule has 1 fully saturated rings. The fourth-order valence-corrected chi connectivity index (χ4v) is 2.42. The minimum atomic E-state index is -0.275. The van der Waals surface area contributed by atoms with Gasteiger partial charge in [0.15, 0.2) is 0 Å². The van der Waals surface area contributed by atoms with Gasteiger partial charge in [-0.3, -0.25) is 9.69 Å². The largest absolute Gasteiger partial charge is 0.369 e. The van der Waals surface area contributed by atoms with E-state index < -0.39 is 0 Å². The van der Waals surface area contributed by atoms with Crippen LogP contribution in [-0.2, 0) is 18.4 Å². The topological polar surface area (TPSA) is 76.2 Å². The quantitative estimate of drug-likeness (QED) is 0.737. The first-order valence-electron chi connectivity index (χ1n) is 6.36. The molecule has 6 nitrogen and oxygen atoms in total. The lowest BCUT2D eigenvalue weighted by molar-refractivity contribution is -0.120. The smallest absolute Gasteiger partial charge is 0.231 e. The van der Waals surface area contributed by atoms with Gasteiger partial charge < -0.3 is 15.6 Å². The van der Waals surface area contributed by atoms with Crippen LogP contribution >= 0.6 is 0 Å². The van der Waals surface area contributed by atoms with Crippen molar-refractivity contribution in [1.29, 1.82) is 0 Å². The van der Waals surface area contributed by atoms with Gasteiger partial charge >= 0.3 is 0 Å². The molecule has 2 heterocycles. The molecule has 1 aromatic heterocycles. The highest BCUT2D eigenvalue weighted by Gasteiger charge is 2.23. The molecule has 1 aromatic rings. The number of nitrogens with zero attached hydrogens (tertiary/aromatic N) is 3. The lowest BCUT2D eigenvalue weighted by Crippen LogP contribution is -2.46. The molecule has 0 unspecified atom stereocenters. The summed E-state index contributed by atoms with van der Waals surface area (Å²) in [7, 11) is 1.97. The van der Waals surface area contributed by atoms with Crippen LogP contribution in [0.5, 0.6) is 0 Å². The minimum Gasteiger partial charge on any atom is -0.369 e. The first kappa shape index (κ1) is 13.0. The highest BCUT2D eigenvalue weighted by atomic mass is 16.1. The van der Waals surface area contributed by atoms with E-state index in [1.165, 1.54) is 0 Å². The Balaban J connectivity index is 2.04. The standard InChI is InChI=1S/C12H21N5O/c1-16-7-6-15-12(16)9-17(8-11(13)18)10-2-4-14-5-3-10/h6-7,10,14H,2-5,8-9H2,1H3,(H2,13,18). The van der Waals surface area contributed by atoms with E-state index in [9.17, 15) is 4.79 Å². The molecule has 1 aliphatic rings. The monoisotopic (exact) mass is 251 g/mol. The van der Waals surface area contributed by atoms with Gasteiger partial charge in [-0.25, -0.2) is 4.98 Å². The second kappa shape index (κ2) is 5.97. The van der Waals surface area contributed by atoms with Crippen LogP contribution in [0.1, 0.15) is 18.7 Å². The third-order valence-electron chi connectivity index (χ3n) is 3.45. The highest BCUT2D eigenvalue weighted by molar-refractivity contribution is 5.75. The van der Waals surface area contributed by atoms with E-state index in [0.717, 1.165) is 31.8 Å². The number of hydrogen-bond acceptors (Lipinski definition) is 4. The van der Waals surface area contributed by atoms with E-state index in [2.05, 4.69) is 15.2 Å². The van der Waals surface area contributed by atoms with E-state index in [-0.39, 0.29) is 5.91 Å². The number of aryl methyl sites for hydroxylation is 1. The molecule has 18 heavy (non-hydrogen) atoms. The first-order chi connectivity index (χ1) is 8.66. The van der Waals surface area contributed by atoms with Gasteiger partial charge in [0.2, 0.25) is 5.91 Å². The second-order valence-electron chi connectivity index (χ2n) is 4.81. The Bertz CT molecular complexity index is 397. The summed E-state index contributed by atoms with van der Waals surface area (Å²) in [6.07, 6.45) is 5.80. The van der Waals surface area contributed by atoms with Gasteiger partial charge in [0.05, 0.1) is 13.1 Å². The molecule has 6 heteroatoms. The number of piperidine rings is 1. The van der Waals surface area contributed by atoms with Crippen LogP contribution < -0.4 is 11.1 Å². The minimum absolute atomic E-state index is 0.275. The summed E-state index contributed by atoms with van der Waals surface area (Å²) < 4.78 is 1.98. The van der Waals surface area contributed by atoms with Crippen molar-refractivity contribution in [2.24, 2.45) is 12.8 Å². The van der Waals surface area contributed by atoms with Crippen molar-refractivity contribution in [2.45, 2.75) is 25.4 Å². The molecule has 3 N–H and O–H groups in total. The SMILES string of the molecule is Cn1ccnc1CN(CC(N)=O)C1CCNCC1. The Morgan fingerprint density at radius 3 is 2.89 bits per heavy atom. The van der Waals surface area contributed by atoms with Crippen molar-refractivity contribution < 1.29 is 4.79 Å². The van der Waals surface area contributed by atoms with Crippen molar-refractivity contribution in [1.82, 2.24) is 19.8 Å². The molecule has 2 rings (SSSR count). The number of carbonyl (C=O) groups excluding carboxylic acids is 1. The van der Waals surface area contributed by atoms with Crippen molar-refractivity contribution in [3.8, 4) is 0 Å². The average Bonchev–Trinajstić information content (AvgIpc) is 2.75. The molecule has 0 radical (unpaired) electrons. The number of primary amides is 1. The van der Waals surface area contributed by atoms with Gasteiger partial charge in [0.25, 0.3) is 0 Å². The molecule has 0 aromatic carbocycles. The summed E-state index contributed by atoms with van der Waals surface area (Å²) in [5.74, 6) is 0.692. The predicted molar refractivity (Wildman–Crippen MR) is 68.7 cm³/mol. The summed E-state index contributed by atoms with van der Waals surface area (Å²) in [6.45, 7) is 2.98. The molecule has 0 bridgehead atoms. The Morgan fingerprint density at radius 1 is 1.61 bits per heavy atom. The Labute approximate surface area is 107 Å². The van der Waals surface area contributed by atoms with E-state index >= 15 is 0 Å². The number of carbonyl (C=O) groups is 1. The maximum Gasteiger partial charge on any atom is 0.231 e. The summed E-state index contributed by atoms with van der Waals surface area (Å²) in [5, 5.41) is 3.33. The zero-order valence-corrected chi connectivity index (χ0v) is 10.8. The summed E-state index contributed by atoms with van der Waals surface area (Å²) >= 11 is 0. The summed E-state index contributed by atoms with van der Waals surface area (Å²) in [5.41, 5.74) is 5.34. The first-order valence-corrected chi connectivity index (χ1v) is 6.36. The number of imidazole rings is 1. The number of nitrogens with two attached hydrogens (primary N) is 1. The van der Waals surface area contributed by atoms with Gasteiger partial charge in [-0.2, -0.15) is 0 Å². The van der Waals surface area contributed by atoms with Gasteiger partial charge in [-0.05, 0) is 25.9 Å². The number of amides is 1. The molecule has 0 atom stereocenters. The third-order valence-corrected chi connectivity index (χ3v) is 3.45. The van der Waals surface area contributed by atoms with Crippen LogP contribution in [0.3, 0.4) is 0 Å². The normalized spacial score (nSPS) is 17.2. The number of hydrogen-bond donors (Lipinski definition) is 2. The zero-order valence-electron chi connectivity index (χ0n) is 10.8. The lowest BCUT2D eigenvalue weighted by Gasteiger charge is -2.33. The Kier molecular flexibility index (Phi) is 4.33. The summed E-state index contributed by atoms with van der Waals surface area (Å²) in [4.78, 5) is 17.7. The fourth-order valence-electron chi connectivity index (χ4n) is 2.42. The van der Waals surface area contributed by atoms with E-state index in [0.29, 0.717) is 19.1 Å². The van der Waals surface area contributed by atoms with Crippen molar-refractivity contribution in [2.75, 3.05) is 19.6 Å². The molecule has 0 spiro atoms. The van der Waals surface area contributed by atoms with Crippen molar-refractivity contribution >= 4 is 5.91 Å². The van der Waals surface area contributed by atoms with E-state index in [4.69, 9.17) is 5.73 Å². The van der Waals surface area contributed by atoms with E-state index in [1.54, 1.807) is 6.20 Å². The maximum atomic E-state index is 11.2. The number of nitrogens with one attached hydrogen (secondary N) is 1. The van der Waals surface area contributed by atoms with Gasteiger partial charge in [0, 0.05) is 25.5 Å². The second-order valence-corrected chi connectivity index (χ2v) is 4.81. The van der Waals surface area contributed by atoms with Crippen LogP contribution in [0.4, 0.5) is 0 Å². The van der Waals surface area contributed by atoms with Gasteiger partial charge in [0.1, 0.15) is 5.82 Å². The van der Waals surface area contributed by atoms with Crippen LogP contribution in [0.15, 0.2) is 12.4 Å². The van der Waals surface area contributed by atoms with Gasteiger partial charge in [-0.1, -0.05) is 0 Å². The Hall–Kier alpha value is -1.40. The third kappa shape index (κ3) is 3.30. The molecule has 0 saturated carbocycles. The highest BCUT2D eigenvalue weighted by Crippen LogP contribution is 2.14. The van der Waals surface area contributed by atoms with Crippen LogP contribution in [0, 0.1) is 0 Å². The molecule has 100 valence electrons. The fraction of sp³-hybridized carbons (Fsp3) is 0.667. The number of rotatable bonds is 5. The predicted octanol–water partition coefficient (Wildman–Crippen LogP) is -0.541.